The van der Waals surface area contributed by atoms with Crippen molar-refractivity contribution in [3.63, 3.8) is 0 Å². The Kier molecular flexibility index (Phi) is 3.69. The predicted octanol–water partition coefficient (Wildman–Crippen LogP) is 3.51. The number of ketones is 1. The van der Waals surface area contributed by atoms with Crippen molar-refractivity contribution in [2.75, 3.05) is 0 Å². The highest BCUT2D eigenvalue weighted by Gasteiger charge is 2.37. The Balaban J connectivity index is 2.22. The van der Waals surface area contributed by atoms with E-state index in [4.69, 9.17) is 9.15 Å². The van der Waals surface area contributed by atoms with Crippen molar-refractivity contribution in [2.24, 2.45) is 0 Å². The van der Waals surface area contributed by atoms with Crippen molar-refractivity contribution in [3.8, 4) is 11.5 Å². The number of phenolic OH excluding ortho intramolecular Hbond substituents is 1. The largest absolute Gasteiger partial charge is 0.506 e. The molecule has 132 valence electrons. The van der Waals surface area contributed by atoms with E-state index >= 15 is 0 Å². The zero-order valence-corrected chi connectivity index (χ0v) is 14.8. The van der Waals surface area contributed by atoms with Crippen LogP contribution in [0.3, 0.4) is 0 Å². The van der Waals surface area contributed by atoms with Crippen molar-refractivity contribution in [3.05, 3.63) is 55.6 Å². The fraction of sp³-hybridized carbons (Fsp3) is 0.211. The van der Waals surface area contributed by atoms with Crippen LogP contribution in [0, 0.1) is 6.92 Å². The molecule has 0 amide bonds. The van der Waals surface area contributed by atoms with E-state index in [1.54, 1.807) is 6.92 Å². The Bertz CT molecular complexity index is 1120. The van der Waals surface area contributed by atoms with E-state index in [1.807, 2.05) is 16.8 Å². The van der Waals surface area contributed by atoms with E-state index in [9.17, 15) is 19.5 Å². The van der Waals surface area contributed by atoms with Crippen molar-refractivity contribution in [2.45, 2.75) is 26.2 Å². The quantitative estimate of drug-likeness (QED) is 0.321. The third-order valence-electron chi connectivity index (χ3n) is 4.58. The summed E-state index contributed by atoms with van der Waals surface area (Å²) in [7, 11) is 0. The minimum atomic E-state index is -0.576. The summed E-state index contributed by atoms with van der Waals surface area (Å²) in [5, 5.41) is 14.7. The van der Waals surface area contributed by atoms with Gasteiger partial charge in [-0.1, -0.05) is 0 Å². The summed E-state index contributed by atoms with van der Waals surface area (Å²) >= 11 is 1.47. The molecule has 0 fully saturated rings. The number of esters is 1. The van der Waals surface area contributed by atoms with Gasteiger partial charge in [0, 0.05) is 17.5 Å². The number of Topliss-reactive ketones (excluding diaryl/α,β-unsaturated/α-hetero) is 1. The molecule has 0 spiro atoms. The molecule has 0 saturated carbocycles. The molecule has 1 N–H and O–H groups in total. The van der Waals surface area contributed by atoms with Gasteiger partial charge in [0.15, 0.2) is 11.5 Å². The van der Waals surface area contributed by atoms with Crippen molar-refractivity contribution >= 4 is 34.1 Å². The van der Waals surface area contributed by atoms with Gasteiger partial charge in [0.1, 0.15) is 16.9 Å². The van der Waals surface area contributed by atoms with Crippen LogP contribution < -0.4 is 10.4 Å². The standard InChI is InChI=1S/C19H14O6S/c1-8-5-12(21)24-18-14(8)17(23)15(9(2)20)19-16(18)11(6-13(22)25-19)10-3-4-26-7-10/h3-5,7,11,23H,6H2,1-2H3/t11-/m1/s1. The van der Waals surface area contributed by atoms with Crippen molar-refractivity contribution in [1.82, 2.24) is 0 Å². The first-order chi connectivity index (χ1) is 12.4. The maximum atomic E-state index is 12.2. The second kappa shape index (κ2) is 5.81. The fourth-order valence-electron chi connectivity index (χ4n) is 3.49. The first-order valence-electron chi connectivity index (χ1n) is 7.95. The summed E-state index contributed by atoms with van der Waals surface area (Å²) in [5.41, 5.74) is 1.29. The molecule has 0 saturated heterocycles. The van der Waals surface area contributed by atoms with E-state index in [0.717, 1.165) is 5.56 Å². The molecule has 0 aliphatic carbocycles. The highest BCUT2D eigenvalue weighted by atomic mass is 32.1. The topological polar surface area (TPSA) is 93.8 Å². The molecule has 0 unspecified atom stereocenters. The average Bonchev–Trinajstić information content (AvgIpc) is 3.07. The lowest BCUT2D eigenvalue weighted by Gasteiger charge is -2.27. The maximum absolute atomic E-state index is 12.2. The van der Waals surface area contributed by atoms with Crippen molar-refractivity contribution < 1.29 is 23.8 Å². The molecule has 1 aliphatic rings. The lowest BCUT2D eigenvalue weighted by Crippen LogP contribution is -2.23. The Morgan fingerprint density at radius 3 is 2.77 bits per heavy atom. The summed E-state index contributed by atoms with van der Waals surface area (Å²) in [5.74, 6) is -1.74. The van der Waals surface area contributed by atoms with Crippen molar-refractivity contribution in [1.29, 1.82) is 0 Å². The summed E-state index contributed by atoms with van der Waals surface area (Å²) in [4.78, 5) is 36.4. The van der Waals surface area contributed by atoms with Crippen LogP contribution in [0.1, 0.15) is 46.3 Å². The molecule has 1 atom stereocenters. The molecular weight excluding hydrogens is 356 g/mol. The van der Waals surface area contributed by atoms with Crippen LogP contribution in [0.4, 0.5) is 0 Å². The minimum Gasteiger partial charge on any atom is -0.506 e. The van der Waals surface area contributed by atoms with Crippen LogP contribution in [0.15, 0.2) is 32.1 Å². The molecule has 3 heterocycles. The van der Waals surface area contributed by atoms with E-state index in [-0.39, 0.29) is 34.5 Å². The molecule has 0 radical (unpaired) electrons. The second-order valence-corrected chi connectivity index (χ2v) is 7.04. The van der Waals surface area contributed by atoms with E-state index in [2.05, 4.69) is 0 Å². The van der Waals surface area contributed by atoms with Gasteiger partial charge in [-0.05, 0) is 41.8 Å². The second-order valence-electron chi connectivity index (χ2n) is 6.26. The van der Waals surface area contributed by atoms with Gasteiger partial charge in [-0.15, -0.1) is 0 Å². The van der Waals surface area contributed by atoms with E-state index < -0.39 is 23.3 Å². The number of fused-ring (bicyclic) bond motifs is 3. The molecule has 4 rings (SSSR count). The first-order valence-corrected chi connectivity index (χ1v) is 8.89. The number of ether oxygens (including phenoxy) is 1. The minimum absolute atomic E-state index is 0.0244. The fourth-order valence-corrected chi connectivity index (χ4v) is 4.21. The van der Waals surface area contributed by atoms with Gasteiger partial charge in [0.25, 0.3) is 0 Å². The van der Waals surface area contributed by atoms with Crippen LogP contribution in [-0.2, 0) is 4.79 Å². The molecule has 26 heavy (non-hydrogen) atoms. The van der Waals surface area contributed by atoms with Gasteiger partial charge < -0.3 is 14.3 Å². The lowest BCUT2D eigenvalue weighted by atomic mass is 9.84. The molecule has 3 aromatic rings. The third kappa shape index (κ3) is 2.35. The van der Waals surface area contributed by atoms with Gasteiger partial charge in [0.2, 0.25) is 0 Å². The number of thiophene rings is 1. The Labute approximate surface area is 151 Å². The zero-order valence-electron chi connectivity index (χ0n) is 14.0. The summed E-state index contributed by atoms with van der Waals surface area (Å²) in [6, 6.07) is 3.13. The zero-order chi connectivity index (χ0) is 18.6. The number of rotatable bonds is 2. The molecule has 1 aliphatic heterocycles. The first kappa shape index (κ1) is 16.5. The summed E-state index contributed by atoms with van der Waals surface area (Å²) in [6.45, 7) is 2.95. The predicted molar refractivity (Wildman–Crippen MR) is 95.3 cm³/mol. The maximum Gasteiger partial charge on any atom is 0.336 e. The highest BCUT2D eigenvalue weighted by molar-refractivity contribution is 7.08. The molecular formula is C19H14O6S. The van der Waals surface area contributed by atoms with Gasteiger partial charge in [-0.2, -0.15) is 11.3 Å². The van der Waals surface area contributed by atoms with Gasteiger partial charge >= 0.3 is 11.6 Å². The van der Waals surface area contributed by atoms with Crippen LogP contribution in [0.25, 0.3) is 11.0 Å². The van der Waals surface area contributed by atoms with Gasteiger partial charge in [-0.3, -0.25) is 9.59 Å². The number of aromatic hydroxyl groups is 1. The monoisotopic (exact) mass is 370 g/mol. The number of carbonyl (C=O) groups excluding carboxylic acids is 2. The number of hydrogen-bond acceptors (Lipinski definition) is 7. The highest BCUT2D eigenvalue weighted by Crippen LogP contribution is 2.49. The molecule has 6 nitrogen and oxygen atoms in total. The van der Waals surface area contributed by atoms with Crippen LogP contribution >= 0.6 is 11.3 Å². The number of benzene rings is 1. The lowest BCUT2D eigenvalue weighted by molar-refractivity contribution is -0.135. The Hall–Kier alpha value is -2.93. The Morgan fingerprint density at radius 1 is 1.35 bits per heavy atom. The van der Waals surface area contributed by atoms with Gasteiger partial charge in [0.05, 0.1) is 11.8 Å². The van der Waals surface area contributed by atoms with E-state index in [1.165, 1.54) is 24.3 Å². The third-order valence-corrected chi connectivity index (χ3v) is 5.28. The summed E-state index contributed by atoms with van der Waals surface area (Å²) < 4.78 is 10.7. The van der Waals surface area contributed by atoms with Crippen LogP contribution in [0.2, 0.25) is 0 Å². The summed E-state index contributed by atoms with van der Waals surface area (Å²) in [6.07, 6.45) is 0.0542. The molecule has 2 aromatic heterocycles. The SMILES string of the molecule is CC(=O)c1c2c(c3oc(=O)cc(C)c3c1O)[C@@H](c1ccsc1)CC(=O)O2. The number of phenols is 1. The Morgan fingerprint density at radius 2 is 2.12 bits per heavy atom. The molecule has 1 aromatic carbocycles. The normalized spacial score (nSPS) is 16.4. The van der Waals surface area contributed by atoms with E-state index in [0.29, 0.717) is 11.1 Å². The molecule has 7 heteroatoms. The average molecular weight is 370 g/mol. The van der Waals surface area contributed by atoms with Crippen LogP contribution in [-0.4, -0.2) is 16.9 Å². The molecule has 0 bridgehead atoms. The number of hydrogen-bond donors (Lipinski definition) is 1. The van der Waals surface area contributed by atoms with Gasteiger partial charge in [-0.25, -0.2) is 4.79 Å². The number of aryl methyl sites for hydroxylation is 1. The van der Waals surface area contributed by atoms with Crippen LogP contribution in [0.5, 0.6) is 11.5 Å². The number of carbonyl (C=O) groups is 2. The smallest absolute Gasteiger partial charge is 0.336 e.